The van der Waals surface area contributed by atoms with Gasteiger partial charge in [0.25, 0.3) is 5.91 Å². The van der Waals surface area contributed by atoms with Crippen LogP contribution in [-0.4, -0.2) is 39.0 Å². The highest BCUT2D eigenvalue weighted by molar-refractivity contribution is 6.31. The van der Waals surface area contributed by atoms with Crippen molar-refractivity contribution >= 4 is 23.5 Å². The van der Waals surface area contributed by atoms with Crippen LogP contribution in [0.15, 0.2) is 12.3 Å². The van der Waals surface area contributed by atoms with Gasteiger partial charge in [0.2, 0.25) is 0 Å². The van der Waals surface area contributed by atoms with Gasteiger partial charge in [-0.25, -0.2) is 4.79 Å². The fraction of sp³-hybridized carbons (Fsp3) is 0.538. The van der Waals surface area contributed by atoms with E-state index in [2.05, 4.69) is 4.98 Å². The van der Waals surface area contributed by atoms with Crippen molar-refractivity contribution in [1.82, 2.24) is 9.88 Å². The van der Waals surface area contributed by atoms with E-state index in [1.165, 1.54) is 17.2 Å². The van der Waals surface area contributed by atoms with Gasteiger partial charge in [0, 0.05) is 12.7 Å². The Morgan fingerprint density at radius 1 is 1.58 bits per heavy atom. The number of hydrogen-bond donors (Lipinski definition) is 2. The quantitative estimate of drug-likeness (QED) is 0.892. The molecule has 1 atom stereocenters. The number of nitrogens with zero attached hydrogens (tertiary/aromatic N) is 1. The minimum absolute atomic E-state index is 0.291. The molecule has 1 aromatic rings. The number of halogens is 1. The van der Waals surface area contributed by atoms with Crippen LogP contribution >= 0.6 is 11.6 Å². The molecule has 0 bridgehead atoms. The maximum atomic E-state index is 12.4. The molecule has 0 aliphatic carbocycles. The third kappa shape index (κ3) is 2.34. The second kappa shape index (κ2) is 5.25. The number of hydrogen-bond acceptors (Lipinski definition) is 2. The second-order valence-electron chi connectivity index (χ2n) is 4.88. The van der Waals surface area contributed by atoms with Gasteiger partial charge in [-0.2, -0.15) is 0 Å². The minimum atomic E-state index is -1.07. The van der Waals surface area contributed by atoms with E-state index < -0.39 is 11.5 Å². The monoisotopic (exact) mass is 284 g/mol. The number of aromatic amines is 1. The van der Waals surface area contributed by atoms with Crippen LogP contribution in [0.3, 0.4) is 0 Å². The molecule has 2 N–H and O–H groups in total. The third-order valence-corrected chi connectivity index (χ3v) is 3.89. The fourth-order valence-corrected chi connectivity index (χ4v) is 2.98. The number of carboxylic acid groups (broad SMARTS) is 1. The lowest BCUT2D eigenvalue weighted by molar-refractivity contribution is -0.148. The molecule has 1 saturated heterocycles. The van der Waals surface area contributed by atoms with Gasteiger partial charge in [-0.1, -0.05) is 24.9 Å². The van der Waals surface area contributed by atoms with E-state index in [1.54, 1.807) is 0 Å². The van der Waals surface area contributed by atoms with Crippen LogP contribution in [0.25, 0.3) is 0 Å². The number of carbonyl (C=O) groups is 2. The molecule has 1 aliphatic rings. The van der Waals surface area contributed by atoms with E-state index in [-0.39, 0.29) is 5.91 Å². The molecule has 1 unspecified atom stereocenters. The molecule has 5 nitrogen and oxygen atoms in total. The summed E-state index contributed by atoms with van der Waals surface area (Å²) in [5.41, 5.74) is -0.725. The Bertz CT molecular complexity index is 500. The lowest BCUT2D eigenvalue weighted by atomic mass is 9.90. The molecule has 0 spiro atoms. The maximum Gasteiger partial charge on any atom is 0.329 e. The van der Waals surface area contributed by atoms with Crippen LogP contribution in [0.4, 0.5) is 0 Å². The lowest BCUT2D eigenvalue weighted by Gasteiger charge is -2.34. The SMILES string of the molecule is CCCC1(C(=O)O)CCCN1C(=O)c1cc(Cl)c[nH]1. The fourth-order valence-electron chi connectivity index (χ4n) is 2.81. The van der Waals surface area contributed by atoms with Crippen molar-refractivity contribution < 1.29 is 14.7 Å². The van der Waals surface area contributed by atoms with Crippen molar-refractivity contribution in [2.75, 3.05) is 6.54 Å². The highest BCUT2D eigenvalue weighted by Gasteiger charge is 2.49. The van der Waals surface area contributed by atoms with Crippen molar-refractivity contribution in [3.05, 3.63) is 23.0 Å². The van der Waals surface area contributed by atoms with Crippen LogP contribution in [-0.2, 0) is 4.79 Å². The van der Waals surface area contributed by atoms with Crippen LogP contribution in [0.1, 0.15) is 43.1 Å². The van der Waals surface area contributed by atoms with Crippen LogP contribution < -0.4 is 0 Å². The first-order valence-electron chi connectivity index (χ1n) is 6.40. The zero-order valence-corrected chi connectivity index (χ0v) is 11.5. The number of amides is 1. The molecule has 104 valence electrons. The Labute approximate surface area is 116 Å². The van der Waals surface area contributed by atoms with E-state index >= 15 is 0 Å². The number of nitrogens with one attached hydrogen (secondary N) is 1. The summed E-state index contributed by atoms with van der Waals surface area (Å²) in [7, 11) is 0. The Balaban J connectivity index is 2.31. The molecular weight excluding hydrogens is 268 g/mol. The van der Waals surface area contributed by atoms with Crippen molar-refractivity contribution in [2.45, 2.75) is 38.1 Å². The highest BCUT2D eigenvalue weighted by Crippen LogP contribution is 2.35. The molecule has 2 heterocycles. The van der Waals surface area contributed by atoms with Crippen molar-refractivity contribution in [2.24, 2.45) is 0 Å². The van der Waals surface area contributed by atoms with Gasteiger partial charge >= 0.3 is 5.97 Å². The molecule has 0 radical (unpaired) electrons. The number of rotatable bonds is 4. The predicted octanol–water partition coefficient (Wildman–Crippen LogP) is 2.53. The normalized spacial score (nSPS) is 22.7. The molecule has 0 saturated carbocycles. The number of carbonyl (C=O) groups excluding carboxylic acids is 1. The summed E-state index contributed by atoms with van der Waals surface area (Å²) >= 11 is 5.79. The standard InChI is InChI=1S/C13H17ClN2O3/c1-2-4-13(12(18)19)5-3-6-16(13)11(17)10-7-9(14)8-15-10/h7-8,15H,2-6H2,1H3,(H,18,19). The number of likely N-dealkylation sites (tertiary alicyclic amines) is 1. The zero-order valence-electron chi connectivity index (χ0n) is 10.8. The molecule has 2 rings (SSSR count). The molecule has 0 aromatic carbocycles. The Morgan fingerprint density at radius 2 is 2.32 bits per heavy atom. The molecule has 1 aliphatic heterocycles. The van der Waals surface area contributed by atoms with E-state index in [9.17, 15) is 14.7 Å². The van der Waals surface area contributed by atoms with Gasteiger partial charge in [-0.15, -0.1) is 0 Å². The van der Waals surface area contributed by atoms with E-state index in [0.717, 1.165) is 6.42 Å². The minimum Gasteiger partial charge on any atom is -0.479 e. The highest BCUT2D eigenvalue weighted by atomic mass is 35.5. The van der Waals surface area contributed by atoms with Crippen molar-refractivity contribution in [3.8, 4) is 0 Å². The number of aromatic nitrogens is 1. The first kappa shape index (κ1) is 13.9. The summed E-state index contributed by atoms with van der Waals surface area (Å²) in [5.74, 6) is -1.21. The topological polar surface area (TPSA) is 73.4 Å². The number of aliphatic carboxylic acids is 1. The summed E-state index contributed by atoms with van der Waals surface area (Å²) in [5, 5.41) is 9.98. The molecule has 1 fully saturated rings. The van der Waals surface area contributed by atoms with Crippen LogP contribution in [0.5, 0.6) is 0 Å². The van der Waals surface area contributed by atoms with E-state index in [1.807, 2.05) is 6.92 Å². The molecule has 1 aromatic heterocycles. The summed E-state index contributed by atoms with van der Waals surface area (Å²) in [6.45, 7) is 2.40. The van der Waals surface area contributed by atoms with Crippen LogP contribution in [0.2, 0.25) is 5.02 Å². The van der Waals surface area contributed by atoms with Gasteiger partial charge in [0.1, 0.15) is 11.2 Å². The average molecular weight is 285 g/mol. The largest absolute Gasteiger partial charge is 0.479 e. The Morgan fingerprint density at radius 3 is 2.84 bits per heavy atom. The zero-order chi connectivity index (χ0) is 14.0. The maximum absolute atomic E-state index is 12.4. The summed E-state index contributed by atoms with van der Waals surface area (Å²) < 4.78 is 0. The Kier molecular flexibility index (Phi) is 3.85. The number of H-pyrrole nitrogens is 1. The van der Waals surface area contributed by atoms with Crippen molar-refractivity contribution in [1.29, 1.82) is 0 Å². The smallest absolute Gasteiger partial charge is 0.329 e. The van der Waals surface area contributed by atoms with E-state index in [4.69, 9.17) is 11.6 Å². The predicted molar refractivity (Wildman–Crippen MR) is 71.3 cm³/mol. The third-order valence-electron chi connectivity index (χ3n) is 3.67. The molecule has 19 heavy (non-hydrogen) atoms. The first-order chi connectivity index (χ1) is 9.01. The van der Waals surface area contributed by atoms with Crippen molar-refractivity contribution in [3.63, 3.8) is 0 Å². The summed E-state index contributed by atoms with van der Waals surface area (Å²) in [6, 6.07) is 1.53. The Hall–Kier alpha value is -1.49. The molecule has 1 amide bonds. The first-order valence-corrected chi connectivity index (χ1v) is 6.78. The summed E-state index contributed by atoms with van der Waals surface area (Å²) in [6.07, 6.45) is 3.94. The second-order valence-corrected chi connectivity index (χ2v) is 5.32. The van der Waals surface area contributed by atoms with E-state index in [0.29, 0.717) is 36.5 Å². The number of carboxylic acids is 1. The summed E-state index contributed by atoms with van der Waals surface area (Å²) in [4.78, 5) is 28.3. The van der Waals surface area contributed by atoms with Crippen LogP contribution in [0, 0.1) is 0 Å². The molecular formula is C13H17ClN2O3. The molecule has 6 heteroatoms. The van der Waals surface area contributed by atoms with Gasteiger partial charge < -0.3 is 15.0 Å². The van der Waals surface area contributed by atoms with Gasteiger partial charge in [0.05, 0.1) is 5.02 Å². The van der Waals surface area contributed by atoms with Gasteiger partial charge in [0.15, 0.2) is 0 Å². The lowest BCUT2D eigenvalue weighted by Crippen LogP contribution is -2.53. The van der Waals surface area contributed by atoms with Gasteiger partial charge in [-0.3, -0.25) is 4.79 Å². The van der Waals surface area contributed by atoms with Gasteiger partial charge in [-0.05, 0) is 25.3 Å². The average Bonchev–Trinajstić information content (AvgIpc) is 2.96.